The Morgan fingerprint density at radius 3 is 2.83 bits per heavy atom. The highest BCUT2D eigenvalue weighted by atomic mass is 16.3. The fraction of sp³-hybridized carbons (Fsp3) is 0.706. The number of aryl methyl sites for hydroxylation is 2. The standard InChI is InChI=1S/C17H28N6O/c1-12-15(14(3)23(21-12)9-10-24)11-18-13(2)17-20-19-16-7-5-4-6-8-22(16)17/h13,18,24H,4-11H2,1-3H3. The molecular weight excluding hydrogens is 304 g/mol. The number of nitrogens with zero attached hydrogens (tertiary/aromatic N) is 5. The van der Waals surface area contributed by atoms with E-state index < -0.39 is 0 Å². The summed E-state index contributed by atoms with van der Waals surface area (Å²) in [7, 11) is 0. The van der Waals surface area contributed by atoms with Crippen LogP contribution in [0.4, 0.5) is 0 Å². The summed E-state index contributed by atoms with van der Waals surface area (Å²) in [5, 5.41) is 26.0. The Hall–Kier alpha value is -1.73. The highest BCUT2D eigenvalue weighted by Gasteiger charge is 2.20. The fourth-order valence-electron chi connectivity index (χ4n) is 3.48. The minimum Gasteiger partial charge on any atom is -0.394 e. The Bertz CT molecular complexity index is 690. The third-order valence-corrected chi connectivity index (χ3v) is 4.95. The lowest BCUT2D eigenvalue weighted by atomic mass is 10.2. The van der Waals surface area contributed by atoms with Gasteiger partial charge in [-0.2, -0.15) is 5.10 Å². The molecule has 7 nitrogen and oxygen atoms in total. The molecule has 0 bridgehead atoms. The van der Waals surface area contributed by atoms with Crippen LogP contribution in [0.5, 0.6) is 0 Å². The summed E-state index contributed by atoms with van der Waals surface area (Å²) in [6.07, 6.45) is 4.72. The molecule has 1 unspecified atom stereocenters. The molecule has 0 aliphatic carbocycles. The van der Waals surface area contributed by atoms with Crippen molar-refractivity contribution >= 4 is 0 Å². The first-order valence-electron chi connectivity index (χ1n) is 8.91. The van der Waals surface area contributed by atoms with Crippen molar-refractivity contribution in [3.05, 3.63) is 28.6 Å². The van der Waals surface area contributed by atoms with Crippen LogP contribution in [-0.4, -0.2) is 36.3 Å². The van der Waals surface area contributed by atoms with Gasteiger partial charge in [-0.05, 0) is 33.6 Å². The van der Waals surface area contributed by atoms with Crippen molar-refractivity contribution < 1.29 is 5.11 Å². The van der Waals surface area contributed by atoms with Crippen molar-refractivity contribution in [2.24, 2.45) is 0 Å². The lowest BCUT2D eigenvalue weighted by Gasteiger charge is -2.15. The van der Waals surface area contributed by atoms with Crippen LogP contribution < -0.4 is 5.32 Å². The van der Waals surface area contributed by atoms with Crippen LogP contribution in [0.3, 0.4) is 0 Å². The zero-order valence-corrected chi connectivity index (χ0v) is 14.9. The molecule has 2 aromatic rings. The van der Waals surface area contributed by atoms with Gasteiger partial charge < -0.3 is 15.0 Å². The largest absolute Gasteiger partial charge is 0.394 e. The summed E-state index contributed by atoms with van der Waals surface area (Å²) >= 11 is 0. The predicted octanol–water partition coefficient (Wildman–Crippen LogP) is 1.66. The van der Waals surface area contributed by atoms with Gasteiger partial charge in [0.15, 0.2) is 0 Å². The van der Waals surface area contributed by atoms with E-state index in [9.17, 15) is 0 Å². The van der Waals surface area contributed by atoms with Crippen LogP contribution in [0.1, 0.15) is 60.8 Å². The monoisotopic (exact) mass is 332 g/mol. The summed E-state index contributed by atoms with van der Waals surface area (Å²) < 4.78 is 4.17. The smallest absolute Gasteiger partial charge is 0.149 e. The number of aliphatic hydroxyl groups is 1. The Kier molecular flexibility index (Phi) is 5.30. The van der Waals surface area contributed by atoms with Crippen molar-refractivity contribution in [3.63, 3.8) is 0 Å². The van der Waals surface area contributed by atoms with Crippen LogP contribution in [0.25, 0.3) is 0 Å². The molecule has 0 spiro atoms. The van der Waals surface area contributed by atoms with E-state index in [1.165, 1.54) is 24.8 Å². The van der Waals surface area contributed by atoms with Crippen molar-refractivity contribution in [1.29, 1.82) is 0 Å². The fourth-order valence-corrected chi connectivity index (χ4v) is 3.48. The molecule has 132 valence electrons. The summed E-state index contributed by atoms with van der Waals surface area (Å²) in [5.74, 6) is 2.16. The van der Waals surface area contributed by atoms with Crippen molar-refractivity contribution in [2.75, 3.05) is 6.61 Å². The Labute approximate surface area is 143 Å². The molecule has 2 N–H and O–H groups in total. The molecule has 0 radical (unpaired) electrons. The second kappa shape index (κ2) is 7.44. The first-order chi connectivity index (χ1) is 11.6. The van der Waals surface area contributed by atoms with E-state index in [0.29, 0.717) is 6.54 Å². The van der Waals surface area contributed by atoms with E-state index in [1.807, 2.05) is 11.6 Å². The van der Waals surface area contributed by atoms with E-state index in [1.54, 1.807) is 0 Å². The Morgan fingerprint density at radius 2 is 2.04 bits per heavy atom. The molecule has 3 rings (SSSR count). The number of aromatic nitrogens is 5. The third-order valence-electron chi connectivity index (χ3n) is 4.95. The summed E-state index contributed by atoms with van der Waals surface area (Å²) in [6, 6.07) is 0.143. The first-order valence-corrected chi connectivity index (χ1v) is 8.91. The molecule has 0 amide bonds. The number of rotatable bonds is 6. The first kappa shape index (κ1) is 17.1. The van der Waals surface area contributed by atoms with E-state index >= 15 is 0 Å². The summed E-state index contributed by atoms with van der Waals surface area (Å²) in [6.45, 7) is 8.64. The van der Waals surface area contributed by atoms with Gasteiger partial charge in [0.2, 0.25) is 0 Å². The van der Waals surface area contributed by atoms with E-state index in [-0.39, 0.29) is 12.6 Å². The third kappa shape index (κ3) is 3.37. The van der Waals surface area contributed by atoms with Gasteiger partial charge in [-0.15, -0.1) is 10.2 Å². The summed E-state index contributed by atoms with van der Waals surface area (Å²) in [5.41, 5.74) is 3.33. The van der Waals surface area contributed by atoms with E-state index in [2.05, 4.69) is 39.0 Å². The SMILES string of the molecule is Cc1nn(CCO)c(C)c1CNC(C)c1nnc2n1CCCCC2. The van der Waals surface area contributed by atoms with E-state index in [0.717, 1.165) is 42.5 Å². The second-order valence-electron chi connectivity index (χ2n) is 6.64. The van der Waals surface area contributed by atoms with Gasteiger partial charge >= 0.3 is 0 Å². The molecule has 0 fully saturated rings. The predicted molar refractivity (Wildman–Crippen MR) is 91.6 cm³/mol. The van der Waals surface area contributed by atoms with Crippen LogP contribution >= 0.6 is 0 Å². The van der Waals surface area contributed by atoms with Crippen molar-refractivity contribution in [3.8, 4) is 0 Å². The van der Waals surface area contributed by atoms with Crippen molar-refractivity contribution in [1.82, 2.24) is 29.9 Å². The lowest BCUT2D eigenvalue weighted by molar-refractivity contribution is 0.267. The zero-order chi connectivity index (χ0) is 17.1. The second-order valence-corrected chi connectivity index (χ2v) is 6.64. The summed E-state index contributed by atoms with van der Waals surface area (Å²) in [4.78, 5) is 0. The minimum atomic E-state index is 0.108. The van der Waals surface area contributed by atoms with Gasteiger partial charge in [-0.1, -0.05) is 6.42 Å². The average molecular weight is 332 g/mol. The lowest BCUT2D eigenvalue weighted by Crippen LogP contribution is -2.23. The number of nitrogens with one attached hydrogen (secondary N) is 1. The number of fused-ring (bicyclic) bond motifs is 1. The maximum atomic E-state index is 9.13. The zero-order valence-electron chi connectivity index (χ0n) is 14.9. The molecule has 2 aromatic heterocycles. The van der Waals surface area contributed by atoms with Crippen LogP contribution in [0.2, 0.25) is 0 Å². The van der Waals surface area contributed by atoms with Crippen molar-refractivity contribution in [2.45, 2.75) is 72.1 Å². The van der Waals surface area contributed by atoms with E-state index in [4.69, 9.17) is 5.11 Å². The highest BCUT2D eigenvalue weighted by Crippen LogP contribution is 2.20. The molecular formula is C17H28N6O. The van der Waals surface area contributed by atoms with Gasteiger partial charge in [-0.3, -0.25) is 4.68 Å². The van der Waals surface area contributed by atoms with Crippen LogP contribution in [-0.2, 0) is 26.1 Å². The quantitative estimate of drug-likeness (QED) is 0.841. The molecule has 3 heterocycles. The van der Waals surface area contributed by atoms with Gasteiger partial charge in [0.1, 0.15) is 11.6 Å². The van der Waals surface area contributed by atoms with Gasteiger partial charge in [0, 0.05) is 30.8 Å². The highest BCUT2D eigenvalue weighted by molar-refractivity contribution is 5.24. The molecule has 1 aliphatic rings. The molecule has 0 saturated carbocycles. The Balaban J connectivity index is 1.70. The maximum Gasteiger partial charge on any atom is 0.149 e. The molecule has 0 aromatic carbocycles. The molecule has 1 atom stereocenters. The number of aliphatic hydroxyl groups excluding tert-OH is 1. The number of hydrogen-bond acceptors (Lipinski definition) is 5. The maximum absolute atomic E-state index is 9.13. The molecule has 1 aliphatic heterocycles. The topological polar surface area (TPSA) is 80.8 Å². The Morgan fingerprint density at radius 1 is 1.21 bits per heavy atom. The normalized spacial score (nSPS) is 16.0. The average Bonchev–Trinajstić information content (AvgIpc) is 2.98. The van der Waals surface area contributed by atoms with Crippen LogP contribution in [0, 0.1) is 13.8 Å². The number of hydrogen-bond donors (Lipinski definition) is 2. The van der Waals surface area contributed by atoms with Gasteiger partial charge in [0.05, 0.1) is 24.9 Å². The van der Waals surface area contributed by atoms with Crippen LogP contribution in [0.15, 0.2) is 0 Å². The van der Waals surface area contributed by atoms with Gasteiger partial charge in [-0.25, -0.2) is 0 Å². The van der Waals surface area contributed by atoms with Gasteiger partial charge in [0.25, 0.3) is 0 Å². The molecule has 24 heavy (non-hydrogen) atoms. The molecule has 7 heteroatoms. The molecule has 0 saturated heterocycles. The minimum absolute atomic E-state index is 0.108.